The van der Waals surface area contributed by atoms with Crippen LogP contribution in [0, 0.1) is 6.92 Å². The summed E-state index contributed by atoms with van der Waals surface area (Å²) in [4.78, 5) is 35.0. The zero-order valence-corrected chi connectivity index (χ0v) is 20.3. The van der Waals surface area contributed by atoms with Crippen molar-refractivity contribution in [3.05, 3.63) is 53.6 Å². The third kappa shape index (κ3) is 4.88. The number of aryl methyl sites for hydroxylation is 1. The lowest BCUT2D eigenvalue weighted by Gasteiger charge is -2.38. The van der Waals surface area contributed by atoms with E-state index in [-0.39, 0.29) is 12.1 Å². The summed E-state index contributed by atoms with van der Waals surface area (Å²) in [7, 11) is 1.59. The number of carbonyl (C=O) groups is 1. The Bertz CT molecular complexity index is 1220. The second-order valence-corrected chi connectivity index (χ2v) is 8.88. The van der Waals surface area contributed by atoms with Crippen LogP contribution in [-0.4, -0.2) is 65.4 Å². The summed E-state index contributed by atoms with van der Waals surface area (Å²) in [5.74, 6) is 2.57. The van der Waals surface area contributed by atoms with E-state index in [2.05, 4.69) is 37.3 Å². The zero-order valence-electron chi connectivity index (χ0n) is 20.3. The molecule has 5 rings (SSSR count). The topological polar surface area (TPSA) is 108 Å². The Hall–Kier alpha value is -3.79. The second-order valence-electron chi connectivity index (χ2n) is 8.88. The third-order valence-corrected chi connectivity index (χ3v) is 6.42. The number of ether oxygens (including phenoxy) is 1. The van der Waals surface area contributed by atoms with Gasteiger partial charge in [0.25, 0.3) is 0 Å². The molecule has 2 N–H and O–H groups in total. The van der Waals surface area contributed by atoms with Crippen molar-refractivity contribution in [2.75, 3.05) is 48.5 Å². The highest BCUT2D eigenvalue weighted by Gasteiger charge is 2.29. The van der Waals surface area contributed by atoms with Crippen molar-refractivity contribution in [2.24, 2.45) is 0 Å². The van der Waals surface area contributed by atoms with Gasteiger partial charge in [0.1, 0.15) is 18.0 Å². The highest BCUT2D eigenvalue weighted by atomic mass is 16.5. The zero-order chi connectivity index (χ0) is 24.4. The van der Waals surface area contributed by atoms with Crippen LogP contribution < -0.4 is 20.4 Å². The maximum absolute atomic E-state index is 11.6. The quantitative estimate of drug-likeness (QED) is 0.594. The molecule has 182 valence electrons. The van der Waals surface area contributed by atoms with Gasteiger partial charge in [-0.2, -0.15) is 0 Å². The molecule has 10 nitrogen and oxygen atoms in total. The summed E-state index contributed by atoms with van der Waals surface area (Å²) < 4.78 is 5.69. The molecule has 2 aliphatic rings. The molecule has 10 heteroatoms. The van der Waals surface area contributed by atoms with Crippen molar-refractivity contribution in [3.63, 3.8) is 0 Å². The Morgan fingerprint density at radius 1 is 1.14 bits per heavy atom. The number of aromatic nitrogens is 4. The lowest BCUT2D eigenvalue weighted by atomic mass is 10.0. The number of carbonyl (C=O) groups excluding carboxylic acids is 1. The van der Waals surface area contributed by atoms with Gasteiger partial charge in [0.05, 0.1) is 31.5 Å². The summed E-state index contributed by atoms with van der Waals surface area (Å²) in [6.45, 7) is 7.81. The van der Waals surface area contributed by atoms with Crippen molar-refractivity contribution in [1.29, 1.82) is 0 Å². The first kappa shape index (κ1) is 23.0. The first-order chi connectivity index (χ1) is 17.0. The van der Waals surface area contributed by atoms with E-state index in [0.717, 1.165) is 48.1 Å². The van der Waals surface area contributed by atoms with E-state index < -0.39 is 0 Å². The highest BCUT2D eigenvalue weighted by molar-refractivity contribution is 5.89. The van der Waals surface area contributed by atoms with Crippen LogP contribution in [0.3, 0.4) is 0 Å². The van der Waals surface area contributed by atoms with Gasteiger partial charge in [0, 0.05) is 48.7 Å². The van der Waals surface area contributed by atoms with E-state index in [9.17, 15) is 4.79 Å². The SMILES string of the molecule is CNC(=O)Nc1ccc(-c2nc3c(c(N4CCOC[C@@H]4C)n2)CCN(c2cc(C)ncn2)C3)cc1. The minimum Gasteiger partial charge on any atom is -0.377 e. The summed E-state index contributed by atoms with van der Waals surface area (Å²) >= 11 is 0. The molecule has 0 bridgehead atoms. The Morgan fingerprint density at radius 3 is 2.71 bits per heavy atom. The molecule has 0 unspecified atom stereocenters. The molecule has 35 heavy (non-hydrogen) atoms. The van der Waals surface area contributed by atoms with Gasteiger partial charge in [-0.15, -0.1) is 0 Å². The fourth-order valence-electron chi connectivity index (χ4n) is 4.52. The van der Waals surface area contributed by atoms with Crippen LogP contribution in [0.4, 0.5) is 22.1 Å². The summed E-state index contributed by atoms with van der Waals surface area (Å²) in [6, 6.07) is 9.59. The van der Waals surface area contributed by atoms with Crippen molar-refractivity contribution < 1.29 is 9.53 Å². The molecular weight excluding hydrogens is 444 g/mol. The van der Waals surface area contributed by atoms with Crippen LogP contribution in [0.1, 0.15) is 23.9 Å². The second kappa shape index (κ2) is 9.83. The number of anilines is 3. The van der Waals surface area contributed by atoms with Crippen LogP contribution in [-0.2, 0) is 17.7 Å². The maximum atomic E-state index is 11.6. The Morgan fingerprint density at radius 2 is 1.97 bits per heavy atom. The van der Waals surface area contributed by atoms with E-state index >= 15 is 0 Å². The number of hydrogen-bond donors (Lipinski definition) is 2. The van der Waals surface area contributed by atoms with Crippen LogP contribution in [0.5, 0.6) is 0 Å². The van der Waals surface area contributed by atoms with Crippen molar-refractivity contribution in [3.8, 4) is 11.4 Å². The number of nitrogens with zero attached hydrogens (tertiary/aromatic N) is 6. The van der Waals surface area contributed by atoms with E-state index in [1.807, 2.05) is 37.3 Å². The lowest BCUT2D eigenvalue weighted by molar-refractivity contribution is 0.0984. The first-order valence-electron chi connectivity index (χ1n) is 11.9. The number of fused-ring (bicyclic) bond motifs is 1. The molecule has 2 aliphatic heterocycles. The fourth-order valence-corrected chi connectivity index (χ4v) is 4.52. The molecule has 0 spiro atoms. The molecule has 1 fully saturated rings. The van der Waals surface area contributed by atoms with Crippen molar-refractivity contribution >= 4 is 23.4 Å². The third-order valence-electron chi connectivity index (χ3n) is 6.42. The van der Waals surface area contributed by atoms with E-state index in [1.54, 1.807) is 13.4 Å². The number of morpholine rings is 1. The highest BCUT2D eigenvalue weighted by Crippen LogP contribution is 2.32. The normalized spacial score (nSPS) is 17.6. The molecule has 1 atom stereocenters. The Kier molecular flexibility index (Phi) is 6.45. The van der Waals surface area contributed by atoms with Crippen molar-refractivity contribution in [2.45, 2.75) is 32.9 Å². The van der Waals surface area contributed by atoms with Crippen LogP contribution >= 0.6 is 0 Å². The van der Waals surface area contributed by atoms with Gasteiger partial charge in [-0.25, -0.2) is 24.7 Å². The summed E-state index contributed by atoms with van der Waals surface area (Å²) in [5, 5.41) is 5.34. The minimum absolute atomic E-state index is 0.234. The van der Waals surface area contributed by atoms with Gasteiger partial charge in [-0.1, -0.05) is 0 Å². The van der Waals surface area contributed by atoms with E-state index in [1.165, 1.54) is 5.56 Å². The number of nitrogens with one attached hydrogen (secondary N) is 2. The predicted octanol–water partition coefficient (Wildman–Crippen LogP) is 2.78. The molecule has 1 aromatic carbocycles. The molecule has 1 saturated heterocycles. The summed E-state index contributed by atoms with van der Waals surface area (Å²) in [5.41, 5.74) is 4.75. The molecule has 0 aliphatic carbocycles. The van der Waals surface area contributed by atoms with Crippen LogP contribution in [0.15, 0.2) is 36.7 Å². The molecule has 4 heterocycles. The molecule has 0 radical (unpaired) electrons. The predicted molar refractivity (Wildman–Crippen MR) is 135 cm³/mol. The Balaban J connectivity index is 1.52. The fraction of sp³-hybridized carbons (Fsp3) is 0.400. The number of benzene rings is 1. The minimum atomic E-state index is -0.258. The van der Waals surface area contributed by atoms with Crippen LogP contribution in [0.2, 0.25) is 0 Å². The number of hydrogen-bond acceptors (Lipinski definition) is 8. The largest absolute Gasteiger partial charge is 0.377 e. The van der Waals surface area contributed by atoms with Gasteiger partial charge >= 0.3 is 6.03 Å². The number of amides is 2. The molecule has 3 aromatic rings. The van der Waals surface area contributed by atoms with Gasteiger partial charge < -0.3 is 25.2 Å². The molecule has 2 aromatic heterocycles. The van der Waals surface area contributed by atoms with Gasteiger partial charge in [-0.3, -0.25) is 0 Å². The maximum Gasteiger partial charge on any atom is 0.318 e. The molecule has 2 amide bonds. The Labute approximate surface area is 204 Å². The molecule has 0 saturated carbocycles. The lowest BCUT2D eigenvalue weighted by Crippen LogP contribution is -2.45. The number of rotatable bonds is 4. The summed E-state index contributed by atoms with van der Waals surface area (Å²) in [6.07, 6.45) is 2.45. The molecular formula is C25H30N8O2. The number of urea groups is 1. The van der Waals surface area contributed by atoms with E-state index in [0.29, 0.717) is 31.3 Å². The van der Waals surface area contributed by atoms with Gasteiger partial charge in [0.15, 0.2) is 5.82 Å². The van der Waals surface area contributed by atoms with Crippen LogP contribution in [0.25, 0.3) is 11.4 Å². The first-order valence-corrected chi connectivity index (χ1v) is 11.9. The average Bonchev–Trinajstić information content (AvgIpc) is 2.88. The standard InChI is InChI=1S/C25H30N8O2/c1-16-12-22(28-15-27-16)32-9-8-20-21(13-32)30-23(31-24(20)33-10-11-35-14-17(33)2)18-4-6-19(7-5-18)29-25(34)26-3/h4-7,12,15,17H,8-11,13-14H2,1-3H3,(H2,26,29,34)/t17-/m0/s1. The van der Waals surface area contributed by atoms with E-state index in [4.69, 9.17) is 14.7 Å². The smallest absolute Gasteiger partial charge is 0.318 e. The van der Waals surface area contributed by atoms with Gasteiger partial charge in [-0.05, 0) is 44.5 Å². The van der Waals surface area contributed by atoms with Crippen molar-refractivity contribution in [1.82, 2.24) is 25.3 Å². The monoisotopic (exact) mass is 474 g/mol. The average molecular weight is 475 g/mol. The van der Waals surface area contributed by atoms with Gasteiger partial charge in [0.2, 0.25) is 0 Å².